The van der Waals surface area contributed by atoms with E-state index in [4.69, 9.17) is 0 Å². The van der Waals surface area contributed by atoms with E-state index in [0.717, 1.165) is 22.3 Å². The summed E-state index contributed by atoms with van der Waals surface area (Å²) in [6.07, 6.45) is 1.80. The lowest BCUT2D eigenvalue weighted by Crippen LogP contribution is -2.39. The van der Waals surface area contributed by atoms with Crippen LogP contribution in [-0.4, -0.2) is 10.8 Å². The van der Waals surface area contributed by atoms with Crippen molar-refractivity contribution in [3.63, 3.8) is 0 Å². The molecule has 0 saturated carbocycles. The van der Waals surface area contributed by atoms with Gasteiger partial charge in [-0.2, -0.15) is 0 Å². The predicted molar refractivity (Wildman–Crippen MR) is 99.9 cm³/mol. The van der Waals surface area contributed by atoms with Crippen LogP contribution in [0.3, 0.4) is 0 Å². The van der Waals surface area contributed by atoms with Crippen molar-refractivity contribution in [3.05, 3.63) is 102 Å². The van der Waals surface area contributed by atoms with Crippen LogP contribution in [0.2, 0.25) is 0 Å². The van der Waals surface area contributed by atoms with Crippen molar-refractivity contribution in [2.45, 2.75) is 5.54 Å². The Morgan fingerprint density at radius 3 is 2.46 bits per heavy atom. The van der Waals surface area contributed by atoms with Gasteiger partial charge in [-0.15, -0.1) is 0 Å². The monoisotopic (exact) mass is 342 g/mol. The number of benzene rings is 3. The van der Waals surface area contributed by atoms with Crippen LogP contribution in [0.5, 0.6) is 0 Å². The molecule has 4 heteroatoms. The molecule has 4 aromatic rings. The van der Waals surface area contributed by atoms with Gasteiger partial charge in [0.2, 0.25) is 0 Å². The average molecular weight is 342 g/mol. The molecule has 1 atom stereocenters. The molecule has 0 saturated heterocycles. The summed E-state index contributed by atoms with van der Waals surface area (Å²) in [6.45, 7) is 0. The number of halogens is 1. The molecular formula is C22H15FN2O. The molecule has 126 valence electrons. The molecule has 0 amide bonds. The summed E-state index contributed by atoms with van der Waals surface area (Å²) >= 11 is 0. The maximum atomic E-state index is 13.9. The summed E-state index contributed by atoms with van der Waals surface area (Å²) < 4.78 is 13.9. The van der Waals surface area contributed by atoms with Crippen LogP contribution in [0, 0.1) is 5.82 Å². The Hall–Kier alpha value is -3.40. The van der Waals surface area contributed by atoms with Gasteiger partial charge in [-0.25, -0.2) is 4.39 Å². The molecule has 1 aromatic heterocycles. The van der Waals surface area contributed by atoms with Crippen molar-refractivity contribution in [2.75, 3.05) is 5.32 Å². The van der Waals surface area contributed by atoms with Gasteiger partial charge in [-0.3, -0.25) is 4.79 Å². The van der Waals surface area contributed by atoms with E-state index in [0.29, 0.717) is 10.9 Å². The highest BCUT2D eigenvalue weighted by Gasteiger charge is 2.49. The molecular weight excluding hydrogens is 327 g/mol. The second-order valence-electron chi connectivity index (χ2n) is 6.51. The molecule has 0 bridgehead atoms. The maximum Gasteiger partial charge on any atom is 0.199 e. The minimum Gasteiger partial charge on any atom is -0.365 e. The second-order valence-corrected chi connectivity index (χ2v) is 6.51. The number of para-hydroxylation sites is 1. The van der Waals surface area contributed by atoms with E-state index in [1.165, 1.54) is 12.1 Å². The number of rotatable bonds is 2. The van der Waals surface area contributed by atoms with Gasteiger partial charge in [0.05, 0.1) is 0 Å². The first kappa shape index (κ1) is 14.9. The summed E-state index contributed by atoms with van der Waals surface area (Å²) in [6, 6.07) is 21.6. The van der Waals surface area contributed by atoms with Crippen LogP contribution < -0.4 is 5.32 Å². The fourth-order valence-corrected chi connectivity index (χ4v) is 3.89. The van der Waals surface area contributed by atoms with E-state index < -0.39 is 5.54 Å². The molecule has 0 fully saturated rings. The average Bonchev–Trinajstić information content (AvgIpc) is 3.22. The maximum absolute atomic E-state index is 13.9. The highest BCUT2D eigenvalue weighted by Crippen LogP contribution is 2.45. The van der Waals surface area contributed by atoms with Crippen molar-refractivity contribution in [1.82, 2.24) is 4.98 Å². The molecule has 26 heavy (non-hydrogen) atoms. The van der Waals surface area contributed by atoms with Gasteiger partial charge in [0, 0.05) is 33.9 Å². The number of anilines is 1. The molecule has 0 aliphatic carbocycles. The molecule has 0 radical (unpaired) electrons. The Bertz CT molecular complexity index is 1150. The molecule has 5 rings (SSSR count). The zero-order valence-electron chi connectivity index (χ0n) is 13.8. The Kier molecular flexibility index (Phi) is 3.04. The molecule has 0 spiro atoms. The Morgan fingerprint density at radius 2 is 1.65 bits per heavy atom. The predicted octanol–water partition coefficient (Wildman–Crippen LogP) is 4.86. The number of hydrogen-bond donors (Lipinski definition) is 2. The molecule has 1 aliphatic heterocycles. The lowest BCUT2D eigenvalue weighted by atomic mass is 9.79. The molecule has 2 heterocycles. The lowest BCUT2D eigenvalue weighted by molar-refractivity contribution is 0.0941. The van der Waals surface area contributed by atoms with Crippen molar-refractivity contribution in [2.24, 2.45) is 0 Å². The standard InChI is InChI=1S/C22H15FN2O/c23-15-10-11-19-17(12-15)18(13-24-19)22(14-6-2-1-3-7-14)21(26)16-8-4-5-9-20(16)25-22/h1-13,24-25H. The number of carbonyl (C=O) groups excluding carboxylic acids is 1. The van der Waals surface area contributed by atoms with Crippen molar-refractivity contribution < 1.29 is 9.18 Å². The van der Waals surface area contributed by atoms with Crippen LogP contribution in [0.25, 0.3) is 10.9 Å². The number of Topliss-reactive ketones (excluding diaryl/α,β-unsaturated/α-hetero) is 1. The number of ketones is 1. The number of nitrogens with one attached hydrogen (secondary N) is 2. The van der Waals surface area contributed by atoms with Crippen LogP contribution in [0.15, 0.2) is 79.0 Å². The minimum absolute atomic E-state index is 0.0375. The highest BCUT2D eigenvalue weighted by molar-refractivity contribution is 6.17. The first-order chi connectivity index (χ1) is 12.7. The van der Waals surface area contributed by atoms with E-state index in [1.54, 1.807) is 12.3 Å². The minimum atomic E-state index is -1.09. The largest absolute Gasteiger partial charge is 0.365 e. The number of aromatic amines is 1. The summed E-state index contributed by atoms with van der Waals surface area (Å²) in [5, 5.41) is 4.13. The third-order valence-electron chi connectivity index (χ3n) is 5.09. The van der Waals surface area contributed by atoms with Gasteiger partial charge in [-0.1, -0.05) is 42.5 Å². The number of fused-ring (bicyclic) bond motifs is 2. The SMILES string of the molecule is O=C1c2ccccc2NC1(c1ccccc1)c1c[nH]c2ccc(F)cc12. The van der Waals surface area contributed by atoms with Crippen LogP contribution in [0.1, 0.15) is 21.5 Å². The first-order valence-corrected chi connectivity index (χ1v) is 8.45. The van der Waals surface area contributed by atoms with Crippen molar-refractivity contribution in [1.29, 1.82) is 0 Å². The van der Waals surface area contributed by atoms with Gasteiger partial charge in [-0.05, 0) is 35.9 Å². The highest BCUT2D eigenvalue weighted by atomic mass is 19.1. The number of hydrogen-bond acceptors (Lipinski definition) is 2. The van der Waals surface area contributed by atoms with Gasteiger partial charge in [0.1, 0.15) is 5.82 Å². The summed E-state index contributed by atoms with van der Waals surface area (Å²) in [7, 11) is 0. The fraction of sp³-hybridized carbons (Fsp3) is 0.0455. The molecule has 3 nitrogen and oxygen atoms in total. The normalized spacial score (nSPS) is 18.7. The fourth-order valence-electron chi connectivity index (χ4n) is 3.89. The number of aromatic nitrogens is 1. The van der Waals surface area contributed by atoms with E-state index in [-0.39, 0.29) is 11.6 Å². The van der Waals surface area contributed by atoms with E-state index in [1.807, 2.05) is 54.6 Å². The Balaban J connectivity index is 1.85. The molecule has 1 unspecified atom stereocenters. The Morgan fingerprint density at radius 1 is 0.885 bits per heavy atom. The third-order valence-corrected chi connectivity index (χ3v) is 5.09. The van der Waals surface area contributed by atoms with Crippen molar-refractivity contribution >= 4 is 22.4 Å². The van der Waals surface area contributed by atoms with Gasteiger partial charge in [0.25, 0.3) is 0 Å². The first-order valence-electron chi connectivity index (χ1n) is 8.45. The van der Waals surface area contributed by atoms with E-state index in [2.05, 4.69) is 10.3 Å². The lowest BCUT2D eigenvalue weighted by Gasteiger charge is -2.29. The number of carbonyl (C=O) groups is 1. The Labute approximate surface area is 149 Å². The van der Waals surface area contributed by atoms with Gasteiger partial charge >= 0.3 is 0 Å². The van der Waals surface area contributed by atoms with Crippen LogP contribution >= 0.6 is 0 Å². The summed E-state index contributed by atoms with van der Waals surface area (Å²) in [5.74, 6) is -0.367. The zero-order chi connectivity index (χ0) is 17.7. The van der Waals surface area contributed by atoms with Crippen molar-refractivity contribution in [3.8, 4) is 0 Å². The number of H-pyrrole nitrogens is 1. The summed E-state index contributed by atoms with van der Waals surface area (Å²) in [4.78, 5) is 16.8. The van der Waals surface area contributed by atoms with Crippen LogP contribution in [0.4, 0.5) is 10.1 Å². The molecule has 3 aromatic carbocycles. The quantitative estimate of drug-likeness (QED) is 0.546. The van der Waals surface area contributed by atoms with E-state index in [9.17, 15) is 9.18 Å². The molecule has 1 aliphatic rings. The molecule has 2 N–H and O–H groups in total. The van der Waals surface area contributed by atoms with E-state index >= 15 is 0 Å². The third kappa shape index (κ3) is 1.90. The van der Waals surface area contributed by atoms with Gasteiger partial charge < -0.3 is 10.3 Å². The smallest absolute Gasteiger partial charge is 0.199 e. The second kappa shape index (κ2) is 5.30. The summed E-state index contributed by atoms with van der Waals surface area (Å²) in [5.41, 5.74) is 2.68. The zero-order valence-corrected chi connectivity index (χ0v) is 13.8. The van der Waals surface area contributed by atoms with Crippen LogP contribution in [-0.2, 0) is 5.54 Å². The topological polar surface area (TPSA) is 44.9 Å². The van der Waals surface area contributed by atoms with Gasteiger partial charge in [0.15, 0.2) is 11.3 Å².